The molecule has 1 aliphatic rings. The van der Waals surface area contributed by atoms with E-state index in [4.69, 9.17) is 4.74 Å². The van der Waals surface area contributed by atoms with Gasteiger partial charge < -0.3 is 19.2 Å². The molecule has 41 heavy (non-hydrogen) atoms. The van der Waals surface area contributed by atoms with E-state index in [9.17, 15) is 24.5 Å². The topological polar surface area (TPSA) is 136 Å². The number of carbonyl (C=O) groups is 1. The van der Waals surface area contributed by atoms with E-state index in [1.165, 1.54) is 17.7 Å². The summed E-state index contributed by atoms with van der Waals surface area (Å²) >= 11 is 0. The molecular weight excluding hydrogens is 528 g/mol. The first-order valence-corrected chi connectivity index (χ1v) is 13.6. The number of carbonyl (C=O) groups excluding carboxylic acids is 1. The van der Waals surface area contributed by atoms with Crippen LogP contribution >= 0.6 is 0 Å². The number of esters is 1. The van der Waals surface area contributed by atoms with Crippen molar-refractivity contribution in [3.05, 3.63) is 103 Å². The second kappa shape index (κ2) is 12.3. The van der Waals surface area contributed by atoms with E-state index in [0.717, 1.165) is 49.3 Å². The van der Waals surface area contributed by atoms with E-state index >= 15 is 0 Å². The average Bonchev–Trinajstić information content (AvgIpc) is 3.43. The van der Waals surface area contributed by atoms with Crippen molar-refractivity contribution in [3.8, 4) is 5.69 Å². The van der Waals surface area contributed by atoms with Crippen molar-refractivity contribution >= 4 is 22.7 Å². The number of piperazine rings is 1. The number of H-pyrrole nitrogens is 1. The summed E-state index contributed by atoms with van der Waals surface area (Å²) in [6.07, 6.45) is 4.59. The Labute approximate surface area is 235 Å². The van der Waals surface area contributed by atoms with Crippen LogP contribution in [0.3, 0.4) is 0 Å². The van der Waals surface area contributed by atoms with Crippen molar-refractivity contribution in [2.24, 2.45) is 0 Å². The fourth-order valence-corrected chi connectivity index (χ4v) is 5.19. The molecule has 0 bridgehead atoms. The molecule has 1 N–H and O–H groups in total. The third-order valence-corrected chi connectivity index (χ3v) is 7.32. The molecule has 0 unspecified atom stereocenters. The number of nitrogens with zero attached hydrogens (tertiary/aromatic N) is 5. The first kappa shape index (κ1) is 28.0. The fourth-order valence-electron chi connectivity index (χ4n) is 5.19. The second-order valence-electron chi connectivity index (χ2n) is 10.0. The lowest BCUT2D eigenvalue weighted by Crippen LogP contribution is -2.46. The van der Waals surface area contributed by atoms with Gasteiger partial charge in [-0.2, -0.15) is 0 Å². The Morgan fingerprint density at radius 3 is 2.46 bits per heavy atom. The van der Waals surface area contributed by atoms with Crippen LogP contribution in [0.5, 0.6) is 0 Å². The number of hydrogen-bond donors (Lipinski definition) is 1. The zero-order valence-electron chi connectivity index (χ0n) is 22.8. The molecule has 214 valence electrons. The monoisotopic (exact) mass is 560 g/mol. The van der Waals surface area contributed by atoms with E-state index in [2.05, 4.69) is 39.0 Å². The smallest absolute Gasteiger partial charge is 0.326 e. The van der Waals surface area contributed by atoms with Crippen LogP contribution in [0.4, 0.5) is 5.69 Å². The highest BCUT2D eigenvalue weighted by Crippen LogP contribution is 2.28. The largest absolute Gasteiger partial charge is 0.465 e. The Kier molecular flexibility index (Phi) is 8.41. The highest BCUT2D eigenvalue weighted by Gasteiger charge is 2.22. The van der Waals surface area contributed by atoms with Gasteiger partial charge in [0, 0.05) is 57.7 Å². The van der Waals surface area contributed by atoms with Gasteiger partial charge in [-0.25, -0.2) is 0 Å². The number of hydrogen-bond acceptors (Lipinski definition) is 8. The highest BCUT2D eigenvalue weighted by atomic mass is 16.6. The van der Waals surface area contributed by atoms with Crippen LogP contribution in [0.15, 0.2) is 70.5 Å². The molecule has 2 aromatic carbocycles. The first-order valence-electron chi connectivity index (χ1n) is 13.6. The predicted octanol–water partition coefficient (Wildman–Crippen LogP) is 2.31. The Hall–Kier alpha value is -4.55. The van der Waals surface area contributed by atoms with Crippen molar-refractivity contribution in [2.75, 3.05) is 39.3 Å². The van der Waals surface area contributed by atoms with E-state index in [1.54, 1.807) is 17.7 Å². The van der Waals surface area contributed by atoms with Gasteiger partial charge in [-0.05, 0) is 36.6 Å². The molecular formula is C29H32N6O6. The van der Waals surface area contributed by atoms with Crippen molar-refractivity contribution in [1.29, 1.82) is 0 Å². The molecule has 1 saturated heterocycles. The van der Waals surface area contributed by atoms with Crippen LogP contribution < -0.4 is 11.1 Å². The van der Waals surface area contributed by atoms with Gasteiger partial charge in [0.2, 0.25) is 0 Å². The Morgan fingerprint density at radius 1 is 1.02 bits per heavy atom. The third-order valence-electron chi connectivity index (χ3n) is 7.32. The van der Waals surface area contributed by atoms with Crippen LogP contribution in [0.2, 0.25) is 0 Å². The first-order chi connectivity index (χ1) is 19.8. The van der Waals surface area contributed by atoms with Gasteiger partial charge in [0.25, 0.3) is 5.69 Å². The minimum atomic E-state index is -0.979. The molecule has 0 aliphatic carbocycles. The molecule has 1 aliphatic heterocycles. The standard InChI is InChI=1S/C29H32N6O6/c1-2-41-27(36)20-34-24-17-25(26(35(39)40)16-23(24)30-28(37)29(34)38)33-11-9-22(19-33)18-32-14-12-31(13-15-32)10-8-21-6-4-3-5-7-21/h3-7,9,11,16-17,19H,2,8,10,12-15,18,20H2,1H3,(H,30,37). The van der Waals surface area contributed by atoms with Gasteiger partial charge in [-0.3, -0.25) is 34.0 Å². The van der Waals surface area contributed by atoms with Crippen LogP contribution in [-0.2, 0) is 29.0 Å². The van der Waals surface area contributed by atoms with Gasteiger partial charge in [-0.15, -0.1) is 0 Å². The maximum atomic E-state index is 12.6. The lowest BCUT2D eigenvalue weighted by Gasteiger charge is -2.34. The number of nitrogens with one attached hydrogen (secondary N) is 1. The molecule has 12 heteroatoms. The summed E-state index contributed by atoms with van der Waals surface area (Å²) in [5.41, 5.74) is 0.628. The Morgan fingerprint density at radius 2 is 1.76 bits per heavy atom. The van der Waals surface area contributed by atoms with Crippen molar-refractivity contribution < 1.29 is 14.5 Å². The summed E-state index contributed by atoms with van der Waals surface area (Å²) in [5, 5.41) is 12.0. The molecule has 0 saturated carbocycles. The predicted molar refractivity (Wildman–Crippen MR) is 153 cm³/mol. The second-order valence-corrected chi connectivity index (χ2v) is 10.0. The van der Waals surface area contributed by atoms with E-state index < -0.39 is 28.6 Å². The maximum absolute atomic E-state index is 12.6. The van der Waals surface area contributed by atoms with Crippen LogP contribution in [0.1, 0.15) is 18.1 Å². The zero-order valence-corrected chi connectivity index (χ0v) is 22.8. The number of fused-ring (bicyclic) bond motifs is 1. The minimum Gasteiger partial charge on any atom is -0.465 e. The fraction of sp³-hybridized carbons (Fsp3) is 0.345. The lowest BCUT2D eigenvalue weighted by molar-refractivity contribution is -0.384. The SMILES string of the molecule is CCOC(=O)Cn1c(=O)c(=O)[nH]c2cc([N+](=O)[O-])c(-n3ccc(CN4CCN(CCc5ccccc5)CC4)c3)cc21. The lowest BCUT2D eigenvalue weighted by atomic mass is 10.1. The summed E-state index contributed by atoms with van der Waals surface area (Å²) in [7, 11) is 0. The van der Waals surface area contributed by atoms with Gasteiger partial charge in [-0.1, -0.05) is 30.3 Å². The van der Waals surface area contributed by atoms with E-state index in [-0.39, 0.29) is 29.0 Å². The molecule has 3 heterocycles. The number of rotatable bonds is 10. The molecule has 0 spiro atoms. The number of aromatic amines is 1. The summed E-state index contributed by atoms with van der Waals surface area (Å²) in [5.74, 6) is -0.690. The molecule has 0 radical (unpaired) electrons. The zero-order chi connectivity index (χ0) is 28.9. The molecule has 5 rings (SSSR count). The molecule has 0 atom stereocenters. The summed E-state index contributed by atoms with van der Waals surface area (Å²) in [6.45, 7) is 6.76. The summed E-state index contributed by atoms with van der Waals surface area (Å²) in [4.78, 5) is 55.6. The van der Waals surface area contributed by atoms with Gasteiger partial charge in [0.15, 0.2) is 0 Å². The normalized spacial score (nSPS) is 14.4. The van der Waals surface area contributed by atoms with Crippen LogP contribution in [-0.4, -0.2) is 74.1 Å². The number of nitro groups is 1. The Balaban J connectivity index is 1.34. The number of benzene rings is 2. The minimum absolute atomic E-state index is 0.0758. The Bertz CT molecular complexity index is 1670. The quantitative estimate of drug-likeness (QED) is 0.135. The average molecular weight is 561 g/mol. The van der Waals surface area contributed by atoms with Crippen LogP contribution in [0, 0.1) is 10.1 Å². The number of aromatic nitrogens is 3. The summed E-state index contributed by atoms with van der Waals surface area (Å²) in [6, 6.07) is 15.0. The molecule has 1 fully saturated rings. The summed E-state index contributed by atoms with van der Waals surface area (Å²) < 4.78 is 7.57. The van der Waals surface area contributed by atoms with Crippen LogP contribution in [0.25, 0.3) is 16.7 Å². The van der Waals surface area contributed by atoms with E-state index in [1.807, 2.05) is 18.3 Å². The highest BCUT2D eigenvalue weighted by molar-refractivity contribution is 5.83. The van der Waals surface area contributed by atoms with Crippen molar-refractivity contribution in [3.63, 3.8) is 0 Å². The number of nitro benzene ring substituents is 1. The van der Waals surface area contributed by atoms with Crippen molar-refractivity contribution in [2.45, 2.75) is 26.4 Å². The van der Waals surface area contributed by atoms with Crippen molar-refractivity contribution in [1.82, 2.24) is 23.9 Å². The molecule has 2 aromatic heterocycles. The third kappa shape index (κ3) is 6.44. The molecule has 4 aromatic rings. The van der Waals surface area contributed by atoms with E-state index in [0.29, 0.717) is 6.54 Å². The van der Waals surface area contributed by atoms with Gasteiger partial charge in [0.05, 0.1) is 22.6 Å². The van der Waals surface area contributed by atoms with Gasteiger partial charge >= 0.3 is 17.1 Å². The number of ether oxygens (including phenoxy) is 1. The van der Waals surface area contributed by atoms with Gasteiger partial charge in [0.1, 0.15) is 12.2 Å². The molecule has 0 amide bonds. The molecule has 12 nitrogen and oxygen atoms in total. The maximum Gasteiger partial charge on any atom is 0.326 e.